The van der Waals surface area contributed by atoms with Gasteiger partial charge in [0.25, 0.3) is 0 Å². The predicted molar refractivity (Wildman–Crippen MR) is 136 cm³/mol. The zero-order valence-corrected chi connectivity index (χ0v) is 21.1. The van der Waals surface area contributed by atoms with Crippen LogP contribution in [0, 0.1) is 5.92 Å². The van der Waals surface area contributed by atoms with Gasteiger partial charge in [0, 0.05) is 25.5 Å². The molecule has 4 aromatic rings. The van der Waals surface area contributed by atoms with E-state index in [1.807, 2.05) is 36.4 Å². The van der Waals surface area contributed by atoms with Gasteiger partial charge in [-0.05, 0) is 64.5 Å². The third kappa shape index (κ3) is 4.44. The second kappa shape index (κ2) is 9.79. The molecule has 1 atom stereocenters. The number of rotatable bonds is 5. The fourth-order valence-corrected chi connectivity index (χ4v) is 5.36. The molecule has 180 valence electrons. The molecule has 7 nitrogen and oxygen atoms in total. The van der Waals surface area contributed by atoms with Crippen molar-refractivity contribution in [1.29, 1.82) is 0 Å². The minimum absolute atomic E-state index is 0.0127. The van der Waals surface area contributed by atoms with Crippen LogP contribution in [-0.4, -0.2) is 41.8 Å². The number of fused-ring (bicyclic) bond motifs is 3. The maximum absolute atomic E-state index is 12.4. The van der Waals surface area contributed by atoms with Crippen molar-refractivity contribution >= 4 is 49.8 Å². The number of aromatic nitrogens is 2. The highest BCUT2D eigenvalue weighted by Crippen LogP contribution is 2.42. The van der Waals surface area contributed by atoms with E-state index in [0.717, 1.165) is 29.3 Å². The Morgan fingerprint density at radius 1 is 1.09 bits per heavy atom. The van der Waals surface area contributed by atoms with Crippen LogP contribution in [0.1, 0.15) is 41.7 Å². The van der Waals surface area contributed by atoms with Crippen LogP contribution in [-0.2, 0) is 14.3 Å². The van der Waals surface area contributed by atoms with E-state index in [-0.39, 0.29) is 11.9 Å². The van der Waals surface area contributed by atoms with Crippen LogP contribution in [0.15, 0.2) is 59.1 Å². The lowest BCUT2D eigenvalue weighted by atomic mass is 9.86. The fraction of sp³-hybridized carbons (Fsp3) is 0.296. The standard InChI is InChI=1S/C27H25BrN2O5/c1-16(31)35-26-21(28)15-23-24(29-26)20-9-8-19(27(32)33-2)14-22(20)30(23)25(17-6-4-3-5-7-17)18-10-12-34-13-11-18/h3-9,14-15,18,25H,10-13H2,1-2H3. The lowest BCUT2D eigenvalue weighted by Gasteiger charge is -2.33. The molecule has 2 aromatic carbocycles. The minimum Gasteiger partial charge on any atom is -0.465 e. The van der Waals surface area contributed by atoms with E-state index < -0.39 is 11.9 Å². The molecule has 1 aliphatic rings. The monoisotopic (exact) mass is 536 g/mol. The Morgan fingerprint density at radius 3 is 2.51 bits per heavy atom. The first-order chi connectivity index (χ1) is 17.0. The van der Waals surface area contributed by atoms with Crippen LogP contribution < -0.4 is 4.74 Å². The summed E-state index contributed by atoms with van der Waals surface area (Å²) in [6.07, 6.45) is 1.83. The van der Waals surface area contributed by atoms with Crippen molar-refractivity contribution < 1.29 is 23.8 Å². The van der Waals surface area contributed by atoms with Gasteiger partial charge in [0.15, 0.2) is 0 Å². The molecule has 1 aliphatic heterocycles. The van der Waals surface area contributed by atoms with E-state index >= 15 is 0 Å². The largest absolute Gasteiger partial charge is 0.465 e. The number of ether oxygens (including phenoxy) is 3. The number of benzene rings is 2. The van der Waals surface area contributed by atoms with Gasteiger partial charge in [0.1, 0.15) is 5.52 Å². The second-order valence-corrected chi connectivity index (χ2v) is 9.49. The van der Waals surface area contributed by atoms with Gasteiger partial charge < -0.3 is 18.8 Å². The normalized spacial score (nSPS) is 15.3. The number of hydrogen-bond acceptors (Lipinski definition) is 6. The van der Waals surface area contributed by atoms with Crippen LogP contribution in [0.25, 0.3) is 21.9 Å². The molecule has 3 heterocycles. The zero-order chi connectivity index (χ0) is 24.5. The van der Waals surface area contributed by atoms with Gasteiger partial charge in [-0.1, -0.05) is 30.3 Å². The van der Waals surface area contributed by atoms with Crippen LogP contribution in [0.4, 0.5) is 0 Å². The molecule has 0 N–H and O–H groups in total. The van der Waals surface area contributed by atoms with E-state index in [0.29, 0.717) is 34.7 Å². The van der Waals surface area contributed by atoms with Crippen molar-refractivity contribution in [2.24, 2.45) is 5.92 Å². The highest BCUT2D eigenvalue weighted by molar-refractivity contribution is 9.10. The average Bonchev–Trinajstić information content (AvgIpc) is 3.17. The lowest BCUT2D eigenvalue weighted by Crippen LogP contribution is -2.27. The van der Waals surface area contributed by atoms with Crippen LogP contribution in [0.2, 0.25) is 0 Å². The van der Waals surface area contributed by atoms with E-state index in [1.54, 1.807) is 6.07 Å². The van der Waals surface area contributed by atoms with Crippen molar-refractivity contribution in [2.45, 2.75) is 25.8 Å². The van der Waals surface area contributed by atoms with E-state index in [2.05, 4.69) is 32.6 Å². The summed E-state index contributed by atoms with van der Waals surface area (Å²) < 4.78 is 18.9. The van der Waals surface area contributed by atoms with Crippen molar-refractivity contribution in [2.75, 3.05) is 20.3 Å². The Kier molecular flexibility index (Phi) is 6.58. The molecule has 0 amide bonds. The maximum atomic E-state index is 12.4. The zero-order valence-electron chi connectivity index (χ0n) is 19.5. The Balaban J connectivity index is 1.84. The van der Waals surface area contributed by atoms with Gasteiger partial charge in [0.05, 0.1) is 34.2 Å². The number of pyridine rings is 1. The molecule has 0 saturated carbocycles. The van der Waals surface area contributed by atoms with E-state index in [9.17, 15) is 9.59 Å². The summed E-state index contributed by atoms with van der Waals surface area (Å²) in [6, 6.07) is 17.8. The molecule has 1 unspecified atom stereocenters. The first kappa shape index (κ1) is 23.5. The number of carbonyl (C=O) groups excluding carboxylic acids is 2. The summed E-state index contributed by atoms with van der Waals surface area (Å²) in [5, 5.41) is 0.863. The molecule has 5 rings (SSSR count). The molecule has 0 spiro atoms. The molecule has 0 aliphatic carbocycles. The summed E-state index contributed by atoms with van der Waals surface area (Å²) in [4.78, 5) is 28.8. The van der Waals surface area contributed by atoms with Gasteiger partial charge in [0.2, 0.25) is 5.88 Å². The SMILES string of the molecule is COC(=O)c1ccc2c3nc(OC(C)=O)c(Br)cc3n(C(c3ccccc3)C3CCOCC3)c2c1. The highest BCUT2D eigenvalue weighted by atomic mass is 79.9. The highest BCUT2D eigenvalue weighted by Gasteiger charge is 2.31. The molecule has 0 radical (unpaired) electrons. The Labute approximate surface area is 211 Å². The molecule has 8 heteroatoms. The van der Waals surface area contributed by atoms with Gasteiger partial charge in [-0.2, -0.15) is 0 Å². The van der Waals surface area contributed by atoms with Gasteiger partial charge in [-0.25, -0.2) is 9.78 Å². The summed E-state index contributed by atoms with van der Waals surface area (Å²) in [7, 11) is 1.38. The number of esters is 2. The predicted octanol–water partition coefficient (Wildman–Crippen LogP) is 5.68. The van der Waals surface area contributed by atoms with Gasteiger partial charge in [-0.15, -0.1) is 0 Å². The second-order valence-electron chi connectivity index (χ2n) is 8.64. The van der Waals surface area contributed by atoms with Crippen molar-refractivity contribution in [3.8, 4) is 5.88 Å². The van der Waals surface area contributed by atoms with E-state index in [4.69, 9.17) is 19.2 Å². The van der Waals surface area contributed by atoms with Crippen molar-refractivity contribution in [3.05, 3.63) is 70.2 Å². The number of halogens is 1. The van der Waals surface area contributed by atoms with Gasteiger partial charge in [-0.3, -0.25) is 4.79 Å². The molecule has 1 fully saturated rings. The minimum atomic E-state index is -0.446. The Bertz CT molecular complexity index is 1410. The quantitative estimate of drug-likeness (QED) is 0.305. The number of nitrogens with zero attached hydrogens (tertiary/aromatic N) is 2. The average molecular weight is 537 g/mol. The number of hydrogen-bond donors (Lipinski definition) is 0. The first-order valence-corrected chi connectivity index (χ1v) is 12.3. The summed E-state index contributed by atoms with van der Waals surface area (Å²) in [6.45, 7) is 2.76. The number of carbonyl (C=O) groups is 2. The molecular formula is C27H25BrN2O5. The van der Waals surface area contributed by atoms with Crippen molar-refractivity contribution in [1.82, 2.24) is 9.55 Å². The lowest BCUT2D eigenvalue weighted by molar-refractivity contribution is -0.132. The number of methoxy groups -OCH3 is 1. The topological polar surface area (TPSA) is 79.7 Å². The molecule has 35 heavy (non-hydrogen) atoms. The summed E-state index contributed by atoms with van der Waals surface area (Å²) in [5.74, 6) is -0.318. The molecule has 1 saturated heterocycles. The van der Waals surface area contributed by atoms with E-state index in [1.165, 1.54) is 19.6 Å². The fourth-order valence-electron chi connectivity index (χ4n) is 4.97. The maximum Gasteiger partial charge on any atom is 0.337 e. The van der Waals surface area contributed by atoms with Gasteiger partial charge >= 0.3 is 11.9 Å². The summed E-state index contributed by atoms with van der Waals surface area (Å²) >= 11 is 3.54. The van der Waals surface area contributed by atoms with Crippen LogP contribution in [0.3, 0.4) is 0 Å². The Hall–Kier alpha value is -3.23. The van der Waals surface area contributed by atoms with Crippen LogP contribution in [0.5, 0.6) is 5.88 Å². The summed E-state index contributed by atoms with van der Waals surface area (Å²) in [5.41, 5.74) is 4.07. The Morgan fingerprint density at radius 2 is 1.83 bits per heavy atom. The third-order valence-electron chi connectivity index (χ3n) is 6.49. The van der Waals surface area contributed by atoms with Crippen molar-refractivity contribution in [3.63, 3.8) is 0 Å². The molecule has 0 bridgehead atoms. The first-order valence-electron chi connectivity index (χ1n) is 11.5. The molecular weight excluding hydrogens is 512 g/mol. The van der Waals surface area contributed by atoms with Crippen LogP contribution >= 0.6 is 15.9 Å². The molecule has 2 aromatic heterocycles. The third-order valence-corrected chi connectivity index (χ3v) is 7.06. The smallest absolute Gasteiger partial charge is 0.337 e.